The highest BCUT2D eigenvalue weighted by atomic mass is 16.5. The molecule has 2 aromatic rings. The molecule has 1 heterocycles. The number of anilines is 2. The summed E-state index contributed by atoms with van der Waals surface area (Å²) in [7, 11) is 1.75. The Labute approximate surface area is 141 Å². The van der Waals surface area contributed by atoms with Crippen molar-refractivity contribution in [2.45, 2.75) is 12.5 Å². The summed E-state index contributed by atoms with van der Waals surface area (Å²) in [4.78, 5) is 14.5. The normalized spacial score (nSPS) is 16.7. The quantitative estimate of drug-likeness (QED) is 0.940. The van der Waals surface area contributed by atoms with E-state index in [9.17, 15) is 4.79 Å². The molecule has 0 bridgehead atoms. The predicted molar refractivity (Wildman–Crippen MR) is 93.2 cm³/mol. The van der Waals surface area contributed by atoms with Crippen molar-refractivity contribution in [3.63, 3.8) is 0 Å². The van der Waals surface area contributed by atoms with Crippen molar-refractivity contribution < 1.29 is 9.53 Å². The summed E-state index contributed by atoms with van der Waals surface area (Å²) in [6, 6.07) is 16.4. The molecule has 0 spiro atoms. The van der Waals surface area contributed by atoms with Crippen LogP contribution in [0.5, 0.6) is 0 Å². The molecule has 5 heteroatoms. The lowest BCUT2D eigenvalue weighted by Crippen LogP contribution is -2.22. The van der Waals surface area contributed by atoms with Gasteiger partial charge in [0.15, 0.2) is 0 Å². The summed E-state index contributed by atoms with van der Waals surface area (Å²) in [5.74, 6) is -0.187. The highest BCUT2D eigenvalue weighted by Crippen LogP contribution is 2.23. The molecule has 1 aliphatic heterocycles. The van der Waals surface area contributed by atoms with Gasteiger partial charge < -0.3 is 15.0 Å². The van der Waals surface area contributed by atoms with Crippen LogP contribution in [0.4, 0.5) is 11.4 Å². The van der Waals surface area contributed by atoms with E-state index in [1.54, 1.807) is 31.4 Å². The van der Waals surface area contributed by atoms with Crippen LogP contribution >= 0.6 is 0 Å². The summed E-state index contributed by atoms with van der Waals surface area (Å²) in [6.45, 7) is 1.88. The molecule has 5 nitrogen and oxygen atoms in total. The molecule has 2 aromatic carbocycles. The summed E-state index contributed by atoms with van der Waals surface area (Å²) in [5.41, 5.74) is 2.94. The van der Waals surface area contributed by atoms with E-state index in [1.807, 2.05) is 30.3 Å². The van der Waals surface area contributed by atoms with Crippen LogP contribution in [0.15, 0.2) is 48.5 Å². The molecule has 1 aliphatic rings. The van der Waals surface area contributed by atoms with Crippen LogP contribution in [-0.2, 0) is 4.74 Å². The fourth-order valence-electron chi connectivity index (χ4n) is 2.81. The van der Waals surface area contributed by atoms with Crippen LogP contribution in [0.2, 0.25) is 0 Å². The lowest BCUT2D eigenvalue weighted by molar-refractivity contribution is 0.102. The molecule has 0 aliphatic carbocycles. The Morgan fingerprint density at radius 1 is 1.21 bits per heavy atom. The zero-order valence-corrected chi connectivity index (χ0v) is 13.5. The van der Waals surface area contributed by atoms with Crippen molar-refractivity contribution in [3.8, 4) is 6.07 Å². The fraction of sp³-hybridized carbons (Fsp3) is 0.263. The van der Waals surface area contributed by atoms with Crippen molar-refractivity contribution in [1.29, 1.82) is 5.26 Å². The second-order valence-corrected chi connectivity index (χ2v) is 5.78. The van der Waals surface area contributed by atoms with Gasteiger partial charge in [0.05, 0.1) is 17.7 Å². The maximum absolute atomic E-state index is 12.2. The Bertz CT molecular complexity index is 748. The molecule has 1 fully saturated rings. The zero-order valence-electron chi connectivity index (χ0n) is 13.5. The van der Waals surface area contributed by atoms with E-state index in [0.29, 0.717) is 17.2 Å². The third-order valence-electron chi connectivity index (χ3n) is 4.24. The van der Waals surface area contributed by atoms with Crippen LogP contribution in [-0.4, -0.2) is 32.2 Å². The molecule has 3 rings (SSSR count). The van der Waals surface area contributed by atoms with Gasteiger partial charge in [-0.1, -0.05) is 0 Å². The summed E-state index contributed by atoms with van der Waals surface area (Å²) >= 11 is 0. The predicted octanol–water partition coefficient (Wildman–Crippen LogP) is 3.04. The first-order chi connectivity index (χ1) is 11.7. The Kier molecular flexibility index (Phi) is 4.78. The van der Waals surface area contributed by atoms with E-state index >= 15 is 0 Å². The minimum absolute atomic E-state index is 0.187. The minimum Gasteiger partial charge on any atom is -0.380 e. The number of ether oxygens (including phenoxy) is 1. The van der Waals surface area contributed by atoms with E-state index < -0.39 is 0 Å². The number of nitriles is 1. The van der Waals surface area contributed by atoms with E-state index in [4.69, 9.17) is 10.00 Å². The highest BCUT2D eigenvalue weighted by Gasteiger charge is 2.22. The number of methoxy groups -OCH3 is 1. The van der Waals surface area contributed by atoms with Gasteiger partial charge >= 0.3 is 0 Å². The largest absolute Gasteiger partial charge is 0.380 e. The van der Waals surface area contributed by atoms with Gasteiger partial charge in [0.25, 0.3) is 5.91 Å². The minimum atomic E-state index is -0.187. The van der Waals surface area contributed by atoms with Crippen LogP contribution in [0.1, 0.15) is 22.3 Å². The molecule has 1 saturated heterocycles. The van der Waals surface area contributed by atoms with Gasteiger partial charge in [0.2, 0.25) is 0 Å². The maximum Gasteiger partial charge on any atom is 0.255 e. The fourth-order valence-corrected chi connectivity index (χ4v) is 2.81. The lowest BCUT2D eigenvalue weighted by Gasteiger charge is -2.18. The smallest absolute Gasteiger partial charge is 0.255 e. The lowest BCUT2D eigenvalue weighted by atomic mass is 10.1. The van der Waals surface area contributed by atoms with Gasteiger partial charge in [-0.2, -0.15) is 5.26 Å². The molecule has 1 amide bonds. The molecule has 0 aromatic heterocycles. The van der Waals surface area contributed by atoms with Crippen molar-refractivity contribution in [1.82, 2.24) is 0 Å². The molecule has 0 radical (unpaired) electrons. The Hall–Kier alpha value is -2.84. The number of carbonyl (C=O) groups is 1. The molecule has 1 atom stereocenters. The third-order valence-corrected chi connectivity index (χ3v) is 4.24. The number of hydrogen-bond acceptors (Lipinski definition) is 4. The standard InChI is InChI=1S/C19H19N3O2/c1-24-18-10-11-22(13-18)17-8-6-16(7-9-17)21-19(23)15-4-2-14(12-20)3-5-15/h2-9,18H,10-11,13H2,1H3,(H,21,23). The first-order valence-electron chi connectivity index (χ1n) is 7.89. The SMILES string of the molecule is COC1CCN(c2ccc(NC(=O)c3ccc(C#N)cc3)cc2)C1. The van der Waals surface area contributed by atoms with Crippen molar-refractivity contribution in [2.75, 3.05) is 30.4 Å². The summed E-state index contributed by atoms with van der Waals surface area (Å²) in [6.07, 6.45) is 1.33. The Balaban J connectivity index is 1.63. The molecule has 122 valence electrons. The monoisotopic (exact) mass is 321 g/mol. The van der Waals surface area contributed by atoms with Gasteiger partial charge in [-0.25, -0.2) is 0 Å². The van der Waals surface area contributed by atoms with Crippen LogP contribution in [0, 0.1) is 11.3 Å². The Morgan fingerprint density at radius 2 is 1.92 bits per heavy atom. The Morgan fingerprint density at radius 3 is 2.50 bits per heavy atom. The maximum atomic E-state index is 12.2. The van der Waals surface area contributed by atoms with E-state index in [-0.39, 0.29) is 5.91 Å². The molecule has 1 unspecified atom stereocenters. The molecule has 1 N–H and O–H groups in total. The van der Waals surface area contributed by atoms with E-state index in [0.717, 1.165) is 30.9 Å². The van der Waals surface area contributed by atoms with Crippen LogP contribution in [0.3, 0.4) is 0 Å². The number of nitrogens with zero attached hydrogens (tertiary/aromatic N) is 2. The number of nitrogens with one attached hydrogen (secondary N) is 1. The zero-order chi connectivity index (χ0) is 16.9. The topological polar surface area (TPSA) is 65.4 Å². The first kappa shape index (κ1) is 16.0. The van der Waals surface area contributed by atoms with Gasteiger partial charge in [0.1, 0.15) is 0 Å². The average Bonchev–Trinajstić information content (AvgIpc) is 3.11. The van der Waals surface area contributed by atoms with Gasteiger partial charge in [-0.05, 0) is 55.0 Å². The average molecular weight is 321 g/mol. The second kappa shape index (κ2) is 7.16. The van der Waals surface area contributed by atoms with Crippen molar-refractivity contribution in [2.24, 2.45) is 0 Å². The first-order valence-corrected chi connectivity index (χ1v) is 7.89. The van der Waals surface area contributed by atoms with Gasteiger partial charge in [-0.3, -0.25) is 4.79 Å². The highest BCUT2D eigenvalue weighted by molar-refractivity contribution is 6.04. The second-order valence-electron chi connectivity index (χ2n) is 5.78. The van der Waals surface area contributed by atoms with Crippen molar-refractivity contribution in [3.05, 3.63) is 59.7 Å². The van der Waals surface area contributed by atoms with Crippen molar-refractivity contribution >= 4 is 17.3 Å². The van der Waals surface area contributed by atoms with Gasteiger partial charge in [-0.15, -0.1) is 0 Å². The number of hydrogen-bond donors (Lipinski definition) is 1. The molecular formula is C19H19N3O2. The van der Waals surface area contributed by atoms with Gasteiger partial charge in [0, 0.05) is 37.1 Å². The number of amides is 1. The summed E-state index contributed by atoms with van der Waals surface area (Å²) < 4.78 is 5.39. The molecule has 24 heavy (non-hydrogen) atoms. The third kappa shape index (κ3) is 3.55. The molecule has 0 saturated carbocycles. The number of carbonyl (C=O) groups excluding carboxylic acids is 1. The van der Waals surface area contributed by atoms with Crippen LogP contribution in [0.25, 0.3) is 0 Å². The number of rotatable bonds is 4. The summed E-state index contributed by atoms with van der Waals surface area (Å²) in [5, 5.41) is 11.7. The van der Waals surface area contributed by atoms with Crippen LogP contribution < -0.4 is 10.2 Å². The molecular weight excluding hydrogens is 302 g/mol. The van der Waals surface area contributed by atoms with E-state index in [2.05, 4.69) is 10.2 Å². The number of benzene rings is 2. The van der Waals surface area contributed by atoms with E-state index in [1.165, 1.54) is 0 Å².